The molecule has 0 heterocycles. The summed E-state index contributed by atoms with van der Waals surface area (Å²) >= 11 is 0. The molecule has 0 atom stereocenters. The maximum absolute atomic E-state index is 13.3. The normalized spacial score (nSPS) is 10.8. The minimum Gasteiger partial charge on any atom is -0.325 e. The van der Waals surface area contributed by atoms with Crippen LogP contribution in [0.2, 0.25) is 0 Å². The van der Waals surface area contributed by atoms with E-state index in [0.717, 1.165) is 34.1 Å². The van der Waals surface area contributed by atoms with E-state index in [1.54, 1.807) is 48.5 Å². The van der Waals surface area contributed by atoms with Crippen molar-refractivity contribution in [2.45, 2.75) is 11.8 Å². The lowest BCUT2D eigenvalue weighted by molar-refractivity contribution is -0.114. The van der Waals surface area contributed by atoms with Gasteiger partial charge in [-0.25, -0.2) is 12.8 Å². The number of benzene rings is 3. The van der Waals surface area contributed by atoms with E-state index in [1.807, 2.05) is 13.0 Å². The van der Waals surface area contributed by atoms with Crippen molar-refractivity contribution in [1.29, 1.82) is 5.26 Å². The number of nitriles is 1. The van der Waals surface area contributed by atoms with Crippen LogP contribution in [0.15, 0.2) is 77.7 Å². The van der Waals surface area contributed by atoms with Gasteiger partial charge in [0.2, 0.25) is 5.91 Å². The maximum Gasteiger partial charge on any atom is 0.264 e. The highest BCUT2D eigenvalue weighted by molar-refractivity contribution is 7.92. The predicted molar refractivity (Wildman–Crippen MR) is 112 cm³/mol. The first-order valence-corrected chi connectivity index (χ1v) is 10.4. The van der Waals surface area contributed by atoms with Crippen LogP contribution in [-0.4, -0.2) is 20.9 Å². The number of hydrogen-bond donors (Lipinski definition) is 1. The predicted octanol–water partition coefficient (Wildman–Crippen LogP) is 3.84. The molecule has 3 rings (SSSR count). The molecule has 0 saturated carbocycles. The number of carbonyl (C=O) groups is 1. The number of nitrogens with zero attached hydrogens (tertiary/aromatic N) is 2. The van der Waals surface area contributed by atoms with Crippen molar-refractivity contribution in [2.75, 3.05) is 16.2 Å². The molecule has 0 aliphatic rings. The van der Waals surface area contributed by atoms with E-state index in [0.29, 0.717) is 16.9 Å². The Morgan fingerprint density at radius 1 is 1.00 bits per heavy atom. The van der Waals surface area contributed by atoms with E-state index >= 15 is 0 Å². The number of anilines is 2. The summed E-state index contributed by atoms with van der Waals surface area (Å²) < 4.78 is 40.6. The second-order valence-corrected chi connectivity index (χ2v) is 8.40. The lowest BCUT2D eigenvalue weighted by Gasteiger charge is -2.24. The fourth-order valence-corrected chi connectivity index (χ4v) is 4.14. The third-order valence-corrected chi connectivity index (χ3v) is 6.10. The summed E-state index contributed by atoms with van der Waals surface area (Å²) in [5.41, 5.74) is 2.11. The van der Waals surface area contributed by atoms with Crippen molar-refractivity contribution in [1.82, 2.24) is 0 Å². The van der Waals surface area contributed by atoms with Crippen molar-refractivity contribution in [3.8, 4) is 6.07 Å². The third kappa shape index (κ3) is 4.82. The van der Waals surface area contributed by atoms with Crippen molar-refractivity contribution < 1.29 is 17.6 Å². The fourth-order valence-electron chi connectivity index (χ4n) is 2.72. The molecule has 0 spiro atoms. The Balaban J connectivity index is 1.91. The molecule has 30 heavy (non-hydrogen) atoms. The number of halogens is 1. The van der Waals surface area contributed by atoms with Gasteiger partial charge in [0.05, 0.1) is 22.2 Å². The van der Waals surface area contributed by atoms with Crippen molar-refractivity contribution in [3.05, 3.63) is 89.7 Å². The van der Waals surface area contributed by atoms with E-state index < -0.39 is 28.3 Å². The molecule has 0 unspecified atom stereocenters. The van der Waals surface area contributed by atoms with Gasteiger partial charge < -0.3 is 5.32 Å². The zero-order chi connectivity index (χ0) is 21.7. The van der Waals surface area contributed by atoms with Crippen LogP contribution < -0.4 is 9.62 Å². The van der Waals surface area contributed by atoms with Crippen LogP contribution in [0.5, 0.6) is 0 Å². The lowest BCUT2D eigenvalue weighted by Crippen LogP contribution is -2.38. The minimum absolute atomic E-state index is 0.129. The average Bonchev–Trinajstić information content (AvgIpc) is 2.73. The summed E-state index contributed by atoms with van der Waals surface area (Å²) in [4.78, 5) is 12.5. The smallest absolute Gasteiger partial charge is 0.264 e. The number of hydrogen-bond acceptors (Lipinski definition) is 4. The fraction of sp³-hybridized carbons (Fsp3) is 0.0909. The molecule has 3 aromatic carbocycles. The number of carbonyl (C=O) groups excluding carboxylic acids is 1. The van der Waals surface area contributed by atoms with Gasteiger partial charge in [0.1, 0.15) is 12.4 Å². The highest BCUT2D eigenvalue weighted by atomic mass is 32.2. The highest BCUT2D eigenvalue weighted by Gasteiger charge is 2.27. The van der Waals surface area contributed by atoms with Gasteiger partial charge in [0, 0.05) is 5.69 Å². The number of nitrogens with one attached hydrogen (secondary N) is 1. The van der Waals surface area contributed by atoms with Crippen molar-refractivity contribution in [3.63, 3.8) is 0 Å². The number of aryl methyl sites for hydroxylation is 1. The zero-order valence-electron chi connectivity index (χ0n) is 16.0. The van der Waals surface area contributed by atoms with Crippen molar-refractivity contribution in [2.24, 2.45) is 0 Å². The van der Waals surface area contributed by atoms with Crippen LogP contribution in [0.4, 0.5) is 15.8 Å². The average molecular weight is 423 g/mol. The van der Waals surface area contributed by atoms with Crippen LogP contribution in [0.1, 0.15) is 11.1 Å². The zero-order valence-corrected chi connectivity index (χ0v) is 16.9. The van der Waals surface area contributed by atoms with Gasteiger partial charge in [-0.2, -0.15) is 5.26 Å². The minimum atomic E-state index is -4.12. The highest BCUT2D eigenvalue weighted by Crippen LogP contribution is 2.24. The molecule has 1 amide bonds. The van der Waals surface area contributed by atoms with Gasteiger partial charge in [0.15, 0.2) is 0 Å². The van der Waals surface area contributed by atoms with Crippen LogP contribution in [0, 0.1) is 24.1 Å². The molecule has 0 saturated heterocycles. The summed E-state index contributed by atoms with van der Waals surface area (Å²) in [7, 11) is -4.12. The van der Waals surface area contributed by atoms with Gasteiger partial charge in [0.25, 0.3) is 10.0 Å². The molecular formula is C22H18FN3O3S. The van der Waals surface area contributed by atoms with Crippen LogP contribution in [-0.2, 0) is 14.8 Å². The third-order valence-electron chi connectivity index (χ3n) is 4.31. The largest absolute Gasteiger partial charge is 0.325 e. The molecule has 0 aromatic heterocycles. The Morgan fingerprint density at radius 2 is 1.60 bits per heavy atom. The SMILES string of the molecule is Cc1ccc(N(CC(=O)Nc2ccc(C#N)cc2)S(=O)(=O)c2ccc(F)cc2)cc1. The Kier molecular flexibility index (Phi) is 6.14. The summed E-state index contributed by atoms with van der Waals surface area (Å²) in [5, 5.41) is 11.5. The van der Waals surface area contributed by atoms with E-state index in [-0.39, 0.29) is 4.90 Å². The monoisotopic (exact) mass is 423 g/mol. The molecule has 0 fully saturated rings. The van der Waals surface area contributed by atoms with E-state index in [4.69, 9.17) is 5.26 Å². The van der Waals surface area contributed by atoms with Crippen LogP contribution >= 0.6 is 0 Å². The summed E-state index contributed by atoms with van der Waals surface area (Å²) in [5.74, 6) is -1.12. The van der Waals surface area contributed by atoms with Gasteiger partial charge in [-0.3, -0.25) is 9.10 Å². The topological polar surface area (TPSA) is 90.3 Å². The maximum atomic E-state index is 13.3. The molecule has 8 heteroatoms. The van der Waals surface area contributed by atoms with Crippen molar-refractivity contribution >= 4 is 27.3 Å². The molecule has 0 aliphatic heterocycles. The van der Waals surface area contributed by atoms with Gasteiger partial charge in [-0.15, -0.1) is 0 Å². The van der Waals surface area contributed by atoms with Gasteiger partial charge in [-0.1, -0.05) is 17.7 Å². The summed E-state index contributed by atoms with van der Waals surface area (Å²) in [6.07, 6.45) is 0. The summed E-state index contributed by atoms with van der Waals surface area (Å²) in [6.45, 7) is 1.38. The van der Waals surface area contributed by atoms with Gasteiger partial charge >= 0.3 is 0 Å². The lowest BCUT2D eigenvalue weighted by atomic mass is 10.2. The van der Waals surface area contributed by atoms with Crippen LogP contribution in [0.25, 0.3) is 0 Å². The van der Waals surface area contributed by atoms with Crippen LogP contribution in [0.3, 0.4) is 0 Å². The first-order valence-electron chi connectivity index (χ1n) is 8.94. The Labute approximate surface area is 174 Å². The second-order valence-electron chi connectivity index (χ2n) is 6.54. The molecule has 0 aliphatic carbocycles. The number of rotatable bonds is 6. The Hall–Kier alpha value is -3.70. The number of sulfonamides is 1. The number of amides is 1. The Morgan fingerprint density at radius 3 is 2.17 bits per heavy atom. The molecule has 3 aromatic rings. The molecular weight excluding hydrogens is 405 g/mol. The standard InChI is InChI=1S/C22H18FN3O3S/c1-16-2-10-20(11-3-16)26(30(28,29)21-12-6-18(23)7-13-21)15-22(27)25-19-8-4-17(14-24)5-9-19/h2-13H,15H2,1H3,(H,25,27). The summed E-state index contributed by atoms with van der Waals surface area (Å²) in [6, 6.07) is 19.3. The second kappa shape index (κ2) is 8.76. The first kappa shape index (κ1) is 21.0. The quantitative estimate of drug-likeness (QED) is 0.652. The van der Waals surface area contributed by atoms with E-state index in [9.17, 15) is 17.6 Å². The van der Waals surface area contributed by atoms with E-state index in [2.05, 4.69) is 5.32 Å². The molecule has 0 radical (unpaired) electrons. The molecule has 1 N–H and O–H groups in total. The molecule has 0 bridgehead atoms. The van der Waals surface area contributed by atoms with Gasteiger partial charge in [-0.05, 0) is 67.6 Å². The van der Waals surface area contributed by atoms with E-state index in [1.165, 1.54) is 0 Å². The first-order chi connectivity index (χ1) is 14.3. The molecule has 6 nitrogen and oxygen atoms in total. The molecule has 152 valence electrons. The Bertz CT molecular complexity index is 1180.